The Balaban J connectivity index is 4.80. The standard InChI is InChI=1S/C16H40O3Si5/c1-13-20(3,4)17-22(7,8)15-16-23(9,10)19-24(11,12)18-21(5,6)14-2/h13-14H,1-2,15-16H2,3-12H3. The van der Waals surface area contributed by atoms with Crippen molar-refractivity contribution in [2.75, 3.05) is 0 Å². The van der Waals surface area contributed by atoms with Gasteiger partial charge in [-0.3, -0.25) is 0 Å². The van der Waals surface area contributed by atoms with Crippen molar-refractivity contribution in [2.24, 2.45) is 0 Å². The first kappa shape index (κ1) is 24.4. The van der Waals surface area contributed by atoms with Gasteiger partial charge < -0.3 is 12.3 Å². The van der Waals surface area contributed by atoms with E-state index in [1.807, 2.05) is 11.4 Å². The van der Waals surface area contributed by atoms with E-state index in [1.165, 1.54) is 0 Å². The van der Waals surface area contributed by atoms with Gasteiger partial charge in [0, 0.05) is 0 Å². The van der Waals surface area contributed by atoms with Crippen molar-refractivity contribution in [2.45, 2.75) is 77.6 Å². The monoisotopic (exact) mass is 420 g/mol. The van der Waals surface area contributed by atoms with Crippen molar-refractivity contribution in [3.63, 3.8) is 0 Å². The van der Waals surface area contributed by atoms with E-state index in [0.717, 1.165) is 12.1 Å². The second-order valence-corrected chi connectivity index (χ2v) is 29.9. The summed E-state index contributed by atoms with van der Waals surface area (Å²) in [6, 6.07) is 2.27. The van der Waals surface area contributed by atoms with Gasteiger partial charge in [0.15, 0.2) is 33.3 Å². The fourth-order valence-electron chi connectivity index (χ4n) is 2.82. The van der Waals surface area contributed by atoms with Gasteiger partial charge in [-0.15, -0.1) is 13.2 Å². The highest BCUT2D eigenvalue weighted by molar-refractivity contribution is 6.91. The molecule has 0 aliphatic heterocycles. The summed E-state index contributed by atoms with van der Waals surface area (Å²) < 4.78 is 19.5. The van der Waals surface area contributed by atoms with Gasteiger partial charge in [-0.2, -0.15) is 0 Å². The molecule has 0 atom stereocenters. The summed E-state index contributed by atoms with van der Waals surface area (Å²) in [5.74, 6) is 0. The lowest BCUT2D eigenvalue weighted by Crippen LogP contribution is -2.52. The smallest absolute Gasteiger partial charge is 0.311 e. The van der Waals surface area contributed by atoms with Gasteiger partial charge in [-0.1, -0.05) is 11.4 Å². The SMILES string of the molecule is C=C[Si](C)(C)O[Si](C)(C)CC[Si](C)(C)O[Si](C)(C)O[Si](C)(C)C=C. The topological polar surface area (TPSA) is 27.7 Å². The van der Waals surface area contributed by atoms with Crippen molar-refractivity contribution in [1.29, 1.82) is 0 Å². The third-order valence-electron chi connectivity index (χ3n) is 3.88. The van der Waals surface area contributed by atoms with Crippen LogP contribution in [0.5, 0.6) is 0 Å². The van der Waals surface area contributed by atoms with Crippen molar-refractivity contribution < 1.29 is 12.3 Å². The van der Waals surface area contributed by atoms with E-state index in [4.69, 9.17) is 12.3 Å². The lowest BCUT2D eigenvalue weighted by atomic mass is 10.9. The largest absolute Gasteiger partial charge is 0.453 e. The minimum Gasteiger partial charge on any atom is -0.453 e. The van der Waals surface area contributed by atoms with E-state index in [1.54, 1.807) is 0 Å². The van der Waals surface area contributed by atoms with Crippen LogP contribution in [-0.2, 0) is 12.3 Å². The zero-order chi connectivity index (χ0) is 19.4. The summed E-state index contributed by atoms with van der Waals surface area (Å²) in [5, 5.41) is 0. The molecule has 0 aromatic carbocycles. The molecular weight excluding hydrogens is 381 g/mol. The Morgan fingerprint density at radius 3 is 1.29 bits per heavy atom. The van der Waals surface area contributed by atoms with E-state index in [9.17, 15) is 0 Å². The fourth-order valence-corrected chi connectivity index (χ4v) is 25.7. The Hall–Kier alpha value is 0.444. The molecule has 0 aromatic rings. The summed E-state index contributed by atoms with van der Waals surface area (Å²) in [6.07, 6.45) is 0. The Bertz CT molecular complexity index is 445. The molecule has 0 radical (unpaired) electrons. The maximum absolute atomic E-state index is 6.62. The van der Waals surface area contributed by atoms with Gasteiger partial charge in [0.1, 0.15) is 0 Å². The van der Waals surface area contributed by atoms with Crippen LogP contribution in [0.3, 0.4) is 0 Å². The lowest BCUT2D eigenvalue weighted by molar-refractivity contribution is 0.394. The zero-order valence-corrected chi connectivity index (χ0v) is 22.7. The van der Waals surface area contributed by atoms with E-state index in [0.29, 0.717) is 0 Å². The first-order chi connectivity index (χ1) is 10.4. The Morgan fingerprint density at radius 2 is 0.917 bits per heavy atom. The number of hydrogen-bond acceptors (Lipinski definition) is 3. The van der Waals surface area contributed by atoms with Crippen LogP contribution in [0, 0.1) is 0 Å². The van der Waals surface area contributed by atoms with Crippen molar-refractivity contribution in [3.05, 3.63) is 24.6 Å². The second kappa shape index (κ2) is 8.42. The molecule has 0 aromatic heterocycles. The molecule has 24 heavy (non-hydrogen) atoms. The fraction of sp³-hybridized carbons (Fsp3) is 0.750. The van der Waals surface area contributed by atoms with E-state index >= 15 is 0 Å². The van der Waals surface area contributed by atoms with Crippen LogP contribution in [0.1, 0.15) is 0 Å². The average molecular weight is 421 g/mol. The Kier molecular flexibility index (Phi) is 8.58. The van der Waals surface area contributed by atoms with Gasteiger partial charge in [-0.05, 0) is 77.6 Å². The summed E-state index contributed by atoms with van der Waals surface area (Å²) >= 11 is 0. The van der Waals surface area contributed by atoms with Crippen molar-refractivity contribution >= 4 is 41.8 Å². The normalized spacial score (nSPS) is 14.6. The quantitative estimate of drug-likeness (QED) is 0.383. The summed E-state index contributed by atoms with van der Waals surface area (Å²) in [7, 11) is -9.11. The van der Waals surface area contributed by atoms with Crippen molar-refractivity contribution in [1.82, 2.24) is 0 Å². The van der Waals surface area contributed by atoms with Gasteiger partial charge in [0.05, 0.1) is 0 Å². The first-order valence-electron chi connectivity index (χ1n) is 8.83. The van der Waals surface area contributed by atoms with E-state index < -0.39 is 41.8 Å². The molecule has 0 bridgehead atoms. The molecule has 8 heteroatoms. The molecule has 0 saturated heterocycles. The maximum atomic E-state index is 6.62. The summed E-state index contributed by atoms with van der Waals surface area (Å²) in [4.78, 5) is 0. The Labute approximate surface area is 156 Å². The summed E-state index contributed by atoms with van der Waals surface area (Å²) in [6.45, 7) is 30.3. The lowest BCUT2D eigenvalue weighted by Gasteiger charge is -2.39. The predicted octanol–water partition coefficient (Wildman–Crippen LogP) is 6.01. The molecule has 0 amide bonds. The number of hydrogen-bond donors (Lipinski definition) is 0. The van der Waals surface area contributed by atoms with Gasteiger partial charge in [-0.25, -0.2) is 0 Å². The minimum absolute atomic E-state index is 1.13. The van der Waals surface area contributed by atoms with Crippen molar-refractivity contribution in [3.8, 4) is 0 Å². The van der Waals surface area contributed by atoms with Gasteiger partial charge >= 0.3 is 8.56 Å². The molecule has 0 unspecified atom stereocenters. The zero-order valence-electron chi connectivity index (χ0n) is 17.7. The second-order valence-electron chi connectivity index (χ2n) is 9.34. The molecule has 0 N–H and O–H groups in total. The van der Waals surface area contributed by atoms with Crippen LogP contribution in [0.4, 0.5) is 0 Å². The highest BCUT2D eigenvalue weighted by Crippen LogP contribution is 2.28. The molecule has 0 fully saturated rings. The maximum Gasteiger partial charge on any atom is 0.311 e. The molecule has 0 rings (SSSR count). The molecule has 142 valence electrons. The van der Waals surface area contributed by atoms with E-state index in [-0.39, 0.29) is 0 Å². The van der Waals surface area contributed by atoms with Crippen LogP contribution in [0.25, 0.3) is 0 Å². The Morgan fingerprint density at radius 1 is 0.583 bits per heavy atom. The molecule has 0 saturated carbocycles. The van der Waals surface area contributed by atoms with Crippen LogP contribution in [0.15, 0.2) is 24.6 Å². The number of rotatable bonds is 11. The predicted molar refractivity (Wildman–Crippen MR) is 121 cm³/mol. The molecule has 0 aliphatic rings. The molecule has 0 spiro atoms. The van der Waals surface area contributed by atoms with E-state index in [2.05, 4.69) is 78.6 Å². The molecule has 0 aliphatic carbocycles. The van der Waals surface area contributed by atoms with Crippen LogP contribution >= 0.6 is 0 Å². The van der Waals surface area contributed by atoms with Crippen LogP contribution < -0.4 is 0 Å². The summed E-state index contributed by atoms with van der Waals surface area (Å²) in [5.41, 5.74) is 4.03. The molecule has 3 nitrogen and oxygen atoms in total. The highest BCUT2D eigenvalue weighted by atomic mass is 28.5. The minimum atomic E-state index is -2.13. The van der Waals surface area contributed by atoms with Crippen LogP contribution in [0.2, 0.25) is 77.6 Å². The first-order valence-corrected chi connectivity index (χ1v) is 23.8. The van der Waals surface area contributed by atoms with Crippen LogP contribution in [-0.4, -0.2) is 41.8 Å². The highest BCUT2D eigenvalue weighted by Gasteiger charge is 2.40. The van der Waals surface area contributed by atoms with Gasteiger partial charge in [0.25, 0.3) is 0 Å². The van der Waals surface area contributed by atoms with Gasteiger partial charge in [0.2, 0.25) is 0 Å². The molecular formula is C16H40O3Si5. The molecule has 0 heterocycles. The third-order valence-corrected chi connectivity index (χ3v) is 21.8. The average Bonchev–Trinajstić information content (AvgIpc) is 2.33. The third kappa shape index (κ3) is 10.4.